The number of hydrogen-bond acceptors (Lipinski definition) is 6. The van der Waals surface area contributed by atoms with Crippen LogP contribution < -0.4 is 0 Å². The van der Waals surface area contributed by atoms with Gasteiger partial charge in [-0.05, 0) is 33.8 Å². The van der Waals surface area contributed by atoms with Gasteiger partial charge in [0.15, 0.2) is 5.78 Å². The van der Waals surface area contributed by atoms with Crippen LogP contribution >= 0.6 is 0 Å². The van der Waals surface area contributed by atoms with Crippen molar-refractivity contribution in [2.75, 3.05) is 27.7 Å². The summed E-state index contributed by atoms with van der Waals surface area (Å²) in [6.07, 6.45) is 3.39. The van der Waals surface area contributed by atoms with Crippen molar-refractivity contribution in [1.82, 2.24) is 24.5 Å². The van der Waals surface area contributed by atoms with E-state index in [4.69, 9.17) is 4.74 Å². The van der Waals surface area contributed by atoms with Crippen LogP contribution in [0.15, 0.2) is 12.3 Å². The maximum absolute atomic E-state index is 13.2. The van der Waals surface area contributed by atoms with E-state index in [2.05, 4.69) is 5.10 Å². The van der Waals surface area contributed by atoms with E-state index in [1.165, 1.54) is 0 Å². The van der Waals surface area contributed by atoms with E-state index in [9.17, 15) is 14.4 Å². The van der Waals surface area contributed by atoms with Crippen LogP contribution in [0.4, 0.5) is 4.79 Å². The SMILES string of the molecule is C[C@@H]1Cc2nn3c(c2CN1C(=O)OC(C)(C)C)C(=O)N(C)CC(C(=O)C=CN(C)C)C3. The molecule has 0 saturated heterocycles. The average Bonchev–Trinajstić information content (AvgIpc) is 2.93. The first kappa shape index (κ1) is 22.8. The van der Waals surface area contributed by atoms with E-state index in [0.717, 1.165) is 11.3 Å². The van der Waals surface area contributed by atoms with Crippen LogP contribution in [0.1, 0.15) is 49.4 Å². The second kappa shape index (κ2) is 8.36. The Morgan fingerprint density at radius 1 is 1.23 bits per heavy atom. The second-order valence-electron chi connectivity index (χ2n) is 9.68. The molecular weight excluding hydrogens is 398 g/mol. The molecule has 0 aromatic carbocycles. The molecule has 0 saturated carbocycles. The van der Waals surface area contributed by atoms with E-state index in [1.807, 2.05) is 41.8 Å². The minimum Gasteiger partial charge on any atom is -0.444 e. The number of ether oxygens (including phenoxy) is 1. The molecule has 170 valence electrons. The van der Waals surface area contributed by atoms with E-state index in [-0.39, 0.29) is 30.2 Å². The van der Waals surface area contributed by atoms with Gasteiger partial charge in [-0.3, -0.25) is 14.3 Å². The molecule has 2 amide bonds. The summed E-state index contributed by atoms with van der Waals surface area (Å²) in [6.45, 7) is 8.35. The number of ketones is 1. The summed E-state index contributed by atoms with van der Waals surface area (Å²) in [4.78, 5) is 43.7. The summed E-state index contributed by atoms with van der Waals surface area (Å²) >= 11 is 0. The molecule has 1 aromatic heterocycles. The van der Waals surface area contributed by atoms with Crippen molar-refractivity contribution in [2.45, 2.75) is 58.8 Å². The largest absolute Gasteiger partial charge is 0.444 e. The van der Waals surface area contributed by atoms with Crippen molar-refractivity contribution >= 4 is 17.8 Å². The zero-order valence-electron chi connectivity index (χ0n) is 19.5. The van der Waals surface area contributed by atoms with E-state index in [0.29, 0.717) is 25.2 Å². The fourth-order valence-corrected chi connectivity index (χ4v) is 3.93. The van der Waals surface area contributed by atoms with Crippen molar-refractivity contribution < 1.29 is 19.1 Å². The highest BCUT2D eigenvalue weighted by molar-refractivity contribution is 5.97. The molecule has 2 aliphatic heterocycles. The van der Waals surface area contributed by atoms with Gasteiger partial charge in [-0.2, -0.15) is 5.10 Å². The molecule has 1 unspecified atom stereocenters. The molecule has 0 spiro atoms. The Morgan fingerprint density at radius 2 is 1.90 bits per heavy atom. The maximum Gasteiger partial charge on any atom is 0.410 e. The zero-order chi connectivity index (χ0) is 23.1. The third kappa shape index (κ3) is 4.91. The Bertz CT molecular complexity index is 912. The smallest absolute Gasteiger partial charge is 0.410 e. The highest BCUT2D eigenvalue weighted by Gasteiger charge is 2.39. The van der Waals surface area contributed by atoms with Gasteiger partial charge in [-0.1, -0.05) is 0 Å². The van der Waals surface area contributed by atoms with Crippen LogP contribution in [0.25, 0.3) is 0 Å². The number of rotatable bonds is 3. The molecule has 0 fully saturated rings. The van der Waals surface area contributed by atoms with E-state index in [1.54, 1.807) is 38.7 Å². The molecule has 1 aromatic rings. The van der Waals surface area contributed by atoms with Crippen molar-refractivity contribution in [3.05, 3.63) is 29.2 Å². The second-order valence-corrected chi connectivity index (χ2v) is 9.68. The monoisotopic (exact) mass is 431 g/mol. The van der Waals surface area contributed by atoms with Crippen molar-refractivity contribution in [1.29, 1.82) is 0 Å². The fraction of sp³-hybridized carbons (Fsp3) is 0.636. The Labute approximate surface area is 183 Å². The van der Waals surface area contributed by atoms with Gasteiger partial charge in [0.25, 0.3) is 5.91 Å². The van der Waals surface area contributed by atoms with E-state index < -0.39 is 11.7 Å². The molecule has 0 radical (unpaired) electrons. The Morgan fingerprint density at radius 3 is 2.52 bits per heavy atom. The van der Waals surface area contributed by atoms with Gasteiger partial charge in [-0.15, -0.1) is 0 Å². The van der Waals surface area contributed by atoms with Gasteiger partial charge < -0.3 is 19.4 Å². The molecule has 9 heteroatoms. The van der Waals surface area contributed by atoms with Crippen LogP contribution in [-0.2, 0) is 29.0 Å². The average molecular weight is 432 g/mol. The highest BCUT2D eigenvalue weighted by Crippen LogP contribution is 2.30. The molecule has 2 aliphatic rings. The highest BCUT2D eigenvalue weighted by atomic mass is 16.6. The first-order valence-electron chi connectivity index (χ1n) is 10.6. The molecule has 2 atom stereocenters. The zero-order valence-corrected chi connectivity index (χ0v) is 19.5. The van der Waals surface area contributed by atoms with Gasteiger partial charge in [-0.25, -0.2) is 4.79 Å². The number of allylic oxidation sites excluding steroid dienone is 1. The minimum atomic E-state index is -0.600. The number of fused-ring (bicyclic) bond motifs is 3. The lowest BCUT2D eigenvalue weighted by Crippen LogP contribution is -2.45. The van der Waals surface area contributed by atoms with Gasteiger partial charge in [0.2, 0.25) is 0 Å². The van der Waals surface area contributed by atoms with Crippen LogP contribution in [0.3, 0.4) is 0 Å². The molecule has 9 nitrogen and oxygen atoms in total. The van der Waals surface area contributed by atoms with Gasteiger partial charge in [0.05, 0.1) is 24.7 Å². The summed E-state index contributed by atoms with van der Waals surface area (Å²) in [6, 6.07) is -0.102. The number of nitrogens with zero attached hydrogens (tertiary/aromatic N) is 5. The Hall–Kier alpha value is -2.84. The molecule has 3 heterocycles. The van der Waals surface area contributed by atoms with Gasteiger partial charge >= 0.3 is 6.09 Å². The lowest BCUT2D eigenvalue weighted by atomic mass is 9.99. The molecule has 3 rings (SSSR count). The van der Waals surface area contributed by atoms with Crippen molar-refractivity contribution in [3.63, 3.8) is 0 Å². The molecule has 0 bridgehead atoms. The van der Waals surface area contributed by atoms with Crippen molar-refractivity contribution in [3.8, 4) is 0 Å². The minimum absolute atomic E-state index is 0.0431. The number of carbonyl (C=O) groups is 3. The standard InChI is InChI=1S/C22H33N5O4/c1-14-10-17-16(13-26(14)21(30)31-22(2,3)4)19-20(29)25(7)11-15(12-27(19)23-17)18(28)8-9-24(5)6/h8-9,14-15H,10-13H2,1-7H3/t14-,15?/m1/s1. The lowest BCUT2D eigenvalue weighted by molar-refractivity contribution is -0.118. The quantitative estimate of drug-likeness (QED) is 0.680. The summed E-state index contributed by atoms with van der Waals surface area (Å²) < 4.78 is 7.22. The summed E-state index contributed by atoms with van der Waals surface area (Å²) in [5.41, 5.74) is 1.42. The van der Waals surface area contributed by atoms with E-state index >= 15 is 0 Å². The number of carbonyl (C=O) groups excluding carboxylic acids is 3. The maximum atomic E-state index is 13.2. The van der Waals surface area contributed by atoms with Gasteiger partial charge in [0, 0.05) is 51.9 Å². The third-order valence-electron chi connectivity index (χ3n) is 5.49. The van der Waals surface area contributed by atoms with Crippen LogP contribution in [-0.4, -0.2) is 81.6 Å². The first-order valence-corrected chi connectivity index (χ1v) is 10.6. The number of hydrogen-bond donors (Lipinski definition) is 0. The summed E-state index contributed by atoms with van der Waals surface area (Å²) in [5.74, 6) is -0.607. The predicted molar refractivity (Wildman–Crippen MR) is 115 cm³/mol. The number of amides is 2. The van der Waals surface area contributed by atoms with Crippen molar-refractivity contribution in [2.24, 2.45) is 5.92 Å². The molecule has 0 N–H and O–H groups in total. The summed E-state index contributed by atoms with van der Waals surface area (Å²) in [7, 11) is 5.40. The van der Waals surface area contributed by atoms with Crippen LogP contribution in [0.2, 0.25) is 0 Å². The number of aromatic nitrogens is 2. The molecule has 31 heavy (non-hydrogen) atoms. The van der Waals surface area contributed by atoms with Crippen LogP contribution in [0.5, 0.6) is 0 Å². The normalized spacial score (nSPS) is 21.6. The topological polar surface area (TPSA) is 88.0 Å². The Balaban J connectivity index is 1.92. The predicted octanol–water partition coefficient (Wildman–Crippen LogP) is 1.91. The Kier molecular flexibility index (Phi) is 6.16. The van der Waals surface area contributed by atoms with Gasteiger partial charge in [0.1, 0.15) is 11.3 Å². The summed E-state index contributed by atoms with van der Waals surface area (Å²) in [5, 5.41) is 4.69. The molecule has 0 aliphatic carbocycles. The third-order valence-corrected chi connectivity index (χ3v) is 5.49. The fourth-order valence-electron chi connectivity index (χ4n) is 3.93. The first-order chi connectivity index (χ1) is 14.4. The lowest BCUT2D eigenvalue weighted by Gasteiger charge is -2.34. The molecular formula is C22H33N5O4. The van der Waals surface area contributed by atoms with Crippen LogP contribution in [0, 0.1) is 5.92 Å².